The predicted octanol–water partition coefficient (Wildman–Crippen LogP) is 3.14. The summed E-state index contributed by atoms with van der Waals surface area (Å²) in [5.41, 5.74) is 3.72. The molecule has 2 aliphatic rings. The molecule has 0 aromatic heterocycles. The van der Waals surface area contributed by atoms with E-state index in [9.17, 15) is 4.79 Å². The largest absolute Gasteiger partial charge is 0.272 e. The minimum atomic E-state index is -0.289. The van der Waals surface area contributed by atoms with Crippen molar-refractivity contribution in [2.24, 2.45) is 16.9 Å². The zero-order valence-corrected chi connectivity index (χ0v) is 11.5. The first-order valence-electron chi connectivity index (χ1n) is 7.53. The highest BCUT2D eigenvalue weighted by Crippen LogP contribution is 2.36. The molecule has 0 radical (unpaired) electrons. The van der Waals surface area contributed by atoms with Gasteiger partial charge in [-0.25, -0.2) is 5.43 Å². The third kappa shape index (κ3) is 4.05. The fourth-order valence-corrected chi connectivity index (χ4v) is 3.45. The summed E-state index contributed by atoms with van der Waals surface area (Å²) >= 11 is 0. The number of carbonyl (C=O) groups is 1. The maximum absolute atomic E-state index is 11.3. The number of hydrogen-bond donors (Lipinski definition) is 1. The lowest BCUT2D eigenvalue weighted by Gasteiger charge is -2.33. The second-order valence-electron chi connectivity index (χ2n) is 5.72. The molecular formula is C15H23N3O. The van der Waals surface area contributed by atoms with Crippen LogP contribution in [0.2, 0.25) is 0 Å². The Balaban J connectivity index is 1.96. The maximum atomic E-state index is 11.3. The SMILES string of the molecule is N#CCC(=O)N/N=C1/CCCCC1C1CCCCC1. The average molecular weight is 261 g/mol. The van der Waals surface area contributed by atoms with E-state index >= 15 is 0 Å². The summed E-state index contributed by atoms with van der Waals surface area (Å²) in [7, 11) is 0. The lowest BCUT2D eigenvalue weighted by atomic mass is 9.72. The molecule has 1 atom stereocenters. The monoisotopic (exact) mass is 261 g/mol. The van der Waals surface area contributed by atoms with Crippen molar-refractivity contribution in [3.05, 3.63) is 0 Å². The highest BCUT2D eigenvalue weighted by molar-refractivity contribution is 5.89. The number of nitrogens with one attached hydrogen (secondary N) is 1. The van der Waals surface area contributed by atoms with Crippen molar-refractivity contribution in [1.29, 1.82) is 5.26 Å². The van der Waals surface area contributed by atoms with Gasteiger partial charge in [-0.3, -0.25) is 4.79 Å². The summed E-state index contributed by atoms with van der Waals surface area (Å²) in [4.78, 5) is 11.3. The zero-order chi connectivity index (χ0) is 13.5. The third-order valence-electron chi connectivity index (χ3n) is 4.41. The Morgan fingerprint density at radius 2 is 1.95 bits per heavy atom. The van der Waals surface area contributed by atoms with Crippen LogP contribution in [0.4, 0.5) is 0 Å². The van der Waals surface area contributed by atoms with Gasteiger partial charge in [0.1, 0.15) is 6.42 Å². The van der Waals surface area contributed by atoms with Crippen LogP contribution in [0.5, 0.6) is 0 Å². The second kappa shape index (κ2) is 7.28. The molecule has 4 heteroatoms. The van der Waals surface area contributed by atoms with Crippen LogP contribution in [0.1, 0.15) is 64.2 Å². The van der Waals surface area contributed by atoms with Crippen molar-refractivity contribution in [3.63, 3.8) is 0 Å². The number of amides is 1. The fraction of sp³-hybridized carbons (Fsp3) is 0.800. The second-order valence-corrected chi connectivity index (χ2v) is 5.72. The van der Waals surface area contributed by atoms with Crippen LogP contribution < -0.4 is 5.43 Å². The lowest BCUT2D eigenvalue weighted by Crippen LogP contribution is -2.31. The summed E-state index contributed by atoms with van der Waals surface area (Å²) in [6.45, 7) is 0. The van der Waals surface area contributed by atoms with Crippen molar-refractivity contribution < 1.29 is 4.79 Å². The van der Waals surface area contributed by atoms with Gasteiger partial charge in [-0.1, -0.05) is 25.7 Å². The van der Waals surface area contributed by atoms with Gasteiger partial charge >= 0.3 is 0 Å². The summed E-state index contributed by atoms with van der Waals surface area (Å²) in [5, 5.41) is 12.8. The van der Waals surface area contributed by atoms with Gasteiger partial charge in [-0.2, -0.15) is 10.4 Å². The molecule has 2 fully saturated rings. The van der Waals surface area contributed by atoms with Gasteiger partial charge < -0.3 is 0 Å². The van der Waals surface area contributed by atoms with E-state index in [0.29, 0.717) is 5.92 Å². The zero-order valence-electron chi connectivity index (χ0n) is 11.5. The van der Waals surface area contributed by atoms with E-state index < -0.39 is 0 Å². The van der Waals surface area contributed by atoms with Gasteiger partial charge in [0, 0.05) is 11.6 Å². The highest BCUT2D eigenvalue weighted by Gasteiger charge is 2.29. The molecule has 2 saturated carbocycles. The number of carbonyl (C=O) groups excluding carboxylic acids is 1. The van der Waals surface area contributed by atoms with Crippen LogP contribution in [-0.4, -0.2) is 11.6 Å². The number of hydrogen-bond acceptors (Lipinski definition) is 3. The lowest BCUT2D eigenvalue weighted by molar-refractivity contribution is -0.120. The predicted molar refractivity (Wildman–Crippen MR) is 74.3 cm³/mol. The molecule has 0 bridgehead atoms. The highest BCUT2D eigenvalue weighted by atomic mass is 16.2. The molecule has 1 amide bonds. The summed E-state index contributed by atoms with van der Waals surface area (Å²) in [6.07, 6.45) is 11.3. The minimum Gasteiger partial charge on any atom is -0.272 e. The topological polar surface area (TPSA) is 65.2 Å². The molecule has 2 rings (SSSR count). The summed E-state index contributed by atoms with van der Waals surface area (Å²) in [6, 6.07) is 1.85. The molecule has 4 nitrogen and oxygen atoms in total. The minimum absolute atomic E-state index is 0.106. The summed E-state index contributed by atoms with van der Waals surface area (Å²) in [5.74, 6) is 1.04. The Morgan fingerprint density at radius 1 is 1.21 bits per heavy atom. The fourth-order valence-electron chi connectivity index (χ4n) is 3.45. The molecule has 0 saturated heterocycles. The maximum Gasteiger partial charge on any atom is 0.254 e. The van der Waals surface area contributed by atoms with Crippen LogP contribution in [-0.2, 0) is 4.79 Å². The van der Waals surface area contributed by atoms with Crippen molar-refractivity contribution in [2.75, 3.05) is 0 Å². The van der Waals surface area contributed by atoms with Crippen molar-refractivity contribution in [3.8, 4) is 6.07 Å². The number of rotatable bonds is 3. The molecule has 104 valence electrons. The average Bonchev–Trinajstić information content (AvgIpc) is 2.47. The van der Waals surface area contributed by atoms with Gasteiger partial charge in [-0.15, -0.1) is 0 Å². The Kier molecular flexibility index (Phi) is 5.38. The van der Waals surface area contributed by atoms with Crippen LogP contribution in [0, 0.1) is 23.2 Å². The smallest absolute Gasteiger partial charge is 0.254 e. The van der Waals surface area contributed by atoms with E-state index in [2.05, 4.69) is 10.5 Å². The van der Waals surface area contributed by atoms with Gasteiger partial charge in [0.25, 0.3) is 5.91 Å². The molecule has 0 aromatic carbocycles. The molecule has 0 aromatic rings. The first-order chi connectivity index (χ1) is 9.31. The standard InChI is InChI=1S/C15H23N3O/c16-11-10-15(19)18-17-14-9-5-4-8-13(14)12-6-2-1-3-7-12/h12-13H,1-10H2,(H,18,19)/b17-14-. The Hall–Kier alpha value is -1.37. The third-order valence-corrected chi connectivity index (χ3v) is 4.41. The number of nitrogens with zero attached hydrogens (tertiary/aromatic N) is 2. The van der Waals surface area contributed by atoms with Crippen LogP contribution in [0.15, 0.2) is 5.10 Å². The van der Waals surface area contributed by atoms with Gasteiger partial charge in [0.05, 0.1) is 6.07 Å². The van der Waals surface area contributed by atoms with E-state index in [-0.39, 0.29) is 12.3 Å². The first kappa shape index (κ1) is 14.0. The molecular weight excluding hydrogens is 238 g/mol. The molecule has 0 aliphatic heterocycles. The van der Waals surface area contributed by atoms with E-state index in [1.54, 1.807) is 0 Å². The van der Waals surface area contributed by atoms with Gasteiger partial charge in [0.15, 0.2) is 0 Å². The molecule has 0 spiro atoms. The number of nitriles is 1. The Bertz CT molecular complexity index is 377. The first-order valence-corrected chi connectivity index (χ1v) is 7.53. The Labute approximate surface area is 115 Å². The van der Waals surface area contributed by atoms with Crippen molar-refractivity contribution in [2.45, 2.75) is 64.2 Å². The Morgan fingerprint density at radius 3 is 2.68 bits per heavy atom. The molecule has 0 heterocycles. The van der Waals surface area contributed by atoms with Crippen LogP contribution >= 0.6 is 0 Å². The normalized spacial score (nSPS) is 26.9. The van der Waals surface area contributed by atoms with Crippen molar-refractivity contribution >= 4 is 11.6 Å². The van der Waals surface area contributed by atoms with E-state index in [0.717, 1.165) is 12.3 Å². The quantitative estimate of drug-likeness (QED) is 0.793. The molecule has 1 N–H and O–H groups in total. The van der Waals surface area contributed by atoms with Crippen molar-refractivity contribution in [1.82, 2.24) is 5.43 Å². The molecule has 2 aliphatic carbocycles. The van der Waals surface area contributed by atoms with E-state index in [1.165, 1.54) is 57.1 Å². The van der Waals surface area contributed by atoms with Crippen LogP contribution in [0.25, 0.3) is 0 Å². The van der Waals surface area contributed by atoms with E-state index in [1.807, 2.05) is 6.07 Å². The van der Waals surface area contributed by atoms with Crippen LogP contribution in [0.3, 0.4) is 0 Å². The summed E-state index contributed by atoms with van der Waals surface area (Å²) < 4.78 is 0. The molecule has 1 unspecified atom stereocenters. The van der Waals surface area contributed by atoms with Gasteiger partial charge in [0.2, 0.25) is 0 Å². The molecule has 19 heavy (non-hydrogen) atoms. The van der Waals surface area contributed by atoms with Gasteiger partial charge in [-0.05, 0) is 38.0 Å². The van der Waals surface area contributed by atoms with E-state index in [4.69, 9.17) is 5.26 Å². The number of hydrazone groups is 1.